The van der Waals surface area contributed by atoms with Crippen LogP contribution in [0.15, 0.2) is 54.1 Å². The van der Waals surface area contributed by atoms with E-state index in [-0.39, 0.29) is 17.3 Å². The van der Waals surface area contributed by atoms with Crippen LogP contribution < -0.4 is 15.0 Å². The molecule has 2 aromatic carbocycles. The molecule has 140 valence electrons. The molecule has 0 spiro atoms. The van der Waals surface area contributed by atoms with Crippen LogP contribution in [0.5, 0.6) is 5.75 Å². The number of amides is 2. The van der Waals surface area contributed by atoms with E-state index in [2.05, 4.69) is 18.2 Å². The van der Waals surface area contributed by atoms with E-state index in [0.29, 0.717) is 17.0 Å². The summed E-state index contributed by atoms with van der Waals surface area (Å²) in [5, 5.41) is 2.64. The molecule has 1 heterocycles. The van der Waals surface area contributed by atoms with Crippen LogP contribution in [0.3, 0.4) is 0 Å². The predicted octanol–water partition coefficient (Wildman–Crippen LogP) is 3.09. The number of ether oxygens (including phenoxy) is 1. The number of carbonyl (C=O) groups excluding carboxylic acids is 2. The molecule has 0 bridgehead atoms. The van der Waals surface area contributed by atoms with Gasteiger partial charge in [0, 0.05) is 0 Å². The number of benzene rings is 2. The van der Waals surface area contributed by atoms with Gasteiger partial charge in [-0.05, 0) is 60.1 Å². The second kappa shape index (κ2) is 8.51. The smallest absolute Gasteiger partial charge is 0.270 e. The van der Waals surface area contributed by atoms with E-state index in [1.165, 1.54) is 11.0 Å². The molecule has 2 aromatic rings. The van der Waals surface area contributed by atoms with Gasteiger partial charge in [-0.25, -0.2) is 0 Å². The van der Waals surface area contributed by atoms with Crippen molar-refractivity contribution in [1.82, 2.24) is 5.32 Å². The van der Waals surface area contributed by atoms with Gasteiger partial charge in [-0.2, -0.15) is 0 Å². The van der Waals surface area contributed by atoms with E-state index in [9.17, 15) is 9.59 Å². The number of carbonyl (C=O) groups is 2. The number of nitrogens with zero attached hydrogens (tertiary/aromatic N) is 1. The fraction of sp³-hybridized carbons (Fsp3) is 0.136. The van der Waals surface area contributed by atoms with Crippen molar-refractivity contribution in [2.45, 2.75) is 13.3 Å². The zero-order valence-corrected chi connectivity index (χ0v) is 16.1. The molecule has 6 heteroatoms. The van der Waals surface area contributed by atoms with Crippen LogP contribution in [0.25, 0.3) is 6.08 Å². The second-order valence-electron chi connectivity index (χ2n) is 6.04. The lowest BCUT2D eigenvalue weighted by atomic mass is 10.1. The Hall–Kier alpha value is -3.43. The van der Waals surface area contributed by atoms with Gasteiger partial charge in [-0.15, -0.1) is 6.42 Å². The van der Waals surface area contributed by atoms with Crippen molar-refractivity contribution in [3.8, 4) is 18.1 Å². The van der Waals surface area contributed by atoms with Crippen molar-refractivity contribution in [3.05, 3.63) is 65.2 Å². The molecule has 1 aliphatic rings. The SMILES string of the molecule is C#CCOc1ccc(C=C2C(=O)NC(=S)N(c3ccc(CC)cc3)C2=O)cc1. The van der Waals surface area contributed by atoms with E-state index >= 15 is 0 Å². The van der Waals surface area contributed by atoms with E-state index in [4.69, 9.17) is 23.4 Å². The van der Waals surface area contributed by atoms with Gasteiger partial charge in [0.2, 0.25) is 0 Å². The third-order valence-electron chi connectivity index (χ3n) is 4.22. The average molecular weight is 390 g/mol. The van der Waals surface area contributed by atoms with E-state index in [0.717, 1.165) is 12.0 Å². The Balaban J connectivity index is 1.88. The van der Waals surface area contributed by atoms with Gasteiger partial charge < -0.3 is 4.74 Å². The number of nitrogens with one attached hydrogen (secondary N) is 1. The monoisotopic (exact) mass is 390 g/mol. The van der Waals surface area contributed by atoms with Gasteiger partial charge in [-0.1, -0.05) is 37.1 Å². The summed E-state index contributed by atoms with van der Waals surface area (Å²) in [6.07, 6.45) is 7.58. The molecule has 5 nitrogen and oxygen atoms in total. The zero-order chi connectivity index (χ0) is 20.1. The lowest BCUT2D eigenvalue weighted by Crippen LogP contribution is -2.54. The Labute approximate surface area is 169 Å². The van der Waals surface area contributed by atoms with Crippen LogP contribution in [0.1, 0.15) is 18.1 Å². The number of hydrogen-bond donors (Lipinski definition) is 1. The summed E-state index contributed by atoms with van der Waals surface area (Å²) >= 11 is 5.21. The Morgan fingerprint density at radius 1 is 1.14 bits per heavy atom. The van der Waals surface area contributed by atoms with E-state index in [1.54, 1.807) is 24.3 Å². The third kappa shape index (κ3) is 4.11. The molecule has 1 saturated heterocycles. The lowest BCUT2D eigenvalue weighted by Gasteiger charge is -2.29. The fourth-order valence-electron chi connectivity index (χ4n) is 2.72. The van der Waals surface area contributed by atoms with E-state index < -0.39 is 11.8 Å². The number of aryl methyl sites for hydroxylation is 1. The van der Waals surface area contributed by atoms with Crippen molar-refractivity contribution in [2.24, 2.45) is 0 Å². The molecule has 2 amide bonds. The first-order valence-electron chi connectivity index (χ1n) is 8.70. The largest absolute Gasteiger partial charge is 0.481 e. The molecule has 0 aliphatic carbocycles. The molecular weight excluding hydrogens is 372 g/mol. The standard InChI is InChI=1S/C22H18N2O3S/c1-3-13-27-18-11-7-16(8-12-18)14-19-20(25)23-22(28)24(21(19)26)17-9-5-15(4-2)6-10-17/h1,5-12,14H,4,13H2,2H3,(H,23,25,28). The number of thiocarbonyl (C=S) groups is 1. The maximum absolute atomic E-state index is 13.0. The Kier molecular flexibility index (Phi) is 5.87. The molecule has 0 radical (unpaired) electrons. The summed E-state index contributed by atoms with van der Waals surface area (Å²) in [5.74, 6) is 2.01. The van der Waals surface area contributed by atoms with Gasteiger partial charge >= 0.3 is 0 Å². The minimum atomic E-state index is -0.524. The van der Waals surface area contributed by atoms with Gasteiger partial charge in [0.1, 0.15) is 17.9 Å². The highest BCUT2D eigenvalue weighted by Gasteiger charge is 2.34. The van der Waals surface area contributed by atoms with Crippen molar-refractivity contribution in [2.75, 3.05) is 11.5 Å². The van der Waals surface area contributed by atoms with Gasteiger partial charge in [0.15, 0.2) is 5.11 Å². The summed E-state index contributed by atoms with van der Waals surface area (Å²) in [6.45, 7) is 2.22. The normalized spacial score (nSPS) is 15.4. The molecule has 1 fully saturated rings. The average Bonchev–Trinajstić information content (AvgIpc) is 2.71. The Morgan fingerprint density at radius 2 is 1.82 bits per heavy atom. The first-order chi connectivity index (χ1) is 13.5. The van der Waals surface area contributed by atoms with Gasteiger partial charge in [-0.3, -0.25) is 19.8 Å². The lowest BCUT2D eigenvalue weighted by molar-refractivity contribution is -0.122. The molecule has 0 unspecified atom stereocenters. The summed E-state index contributed by atoms with van der Waals surface area (Å²) in [5.41, 5.74) is 2.44. The summed E-state index contributed by atoms with van der Waals surface area (Å²) in [7, 11) is 0. The van der Waals surface area contributed by atoms with Crippen molar-refractivity contribution in [3.63, 3.8) is 0 Å². The highest BCUT2D eigenvalue weighted by atomic mass is 32.1. The second-order valence-corrected chi connectivity index (χ2v) is 6.43. The molecule has 1 aliphatic heterocycles. The van der Waals surface area contributed by atoms with E-state index in [1.807, 2.05) is 24.3 Å². The Bertz CT molecular complexity index is 986. The highest BCUT2D eigenvalue weighted by molar-refractivity contribution is 7.80. The summed E-state index contributed by atoms with van der Waals surface area (Å²) in [6, 6.07) is 14.4. The molecule has 3 rings (SSSR count). The Morgan fingerprint density at radius 3 is 2.43 bits per heavy atom. The zero-order valence-electron chi connectivity index (χ0n) is 15.3. The minimum absolute atomic E-state index is 0.00506. The van der Waals surface area contributed by atoms with Gasteiger partial charge in [0.25, 0.3) is 11.8 Å². The molecule has 0 atom stereocenters. The van der Waals surface area contributed by atoms with Crippen LogP contribution in [0.4, 0.5) is 5.69 Å². The van der Waals surface area contributed by atoms with Crippen molar-refractivity contribution in [1.29, 1.82) is 0 Å². The molecule has 0 aromatic heterocycles. The first-order valence-corrected chi connectivity index (χ1v) is 9.11. The van der Waals surface area contributed by atoms with Crippen molar-refractivity contribution < 1.29 is 14.3 Å². The quantitative estimate of drug-likeness (QED) is 0.369. The molecule has 1 N–H and O–H groups in total. The molecule has 0 saturated carbocycles. The number of hydrogen-bond acceptors (Lipinski definition) is 4. The van der Waals surface area contributed by atoms with Crippen LogP contribution in [0.2, 0.25) is 0 Å². The number of rotatable bonds is 5. The maximum Gasteiger partial charge on any atom is 0.270 e. The minimum Gasteiger partial charge on any atom is -0.481 e. The fourth-order valence-corrected chi connectivity index (χ4v) is 3.01. The molecule has 28 heavy (non-hydrogen) atoms. The van der Waals surface area contributed by atoms with Crippen LogP contribution in [0, 0.1) is 12.3 Å². The first kappa shape index (κ1) is 19.3. The third-order valence-corrected chi connectivity index (χ3v) is 4.50. The molecular formula is C22H18N2O3S. The highest BCUT2D eigenvalue weighted by Crippen LogP contribution is 2.23. The maximum atomic E-state index is 13.0. The van der Waals surface area contributed by atoms with Crippen molar-refractivity contribution >= 4 is 40.9 Å². The summed E-state index contributed by atoms with van der Waals surface area (Å²) in [4.78, 5) is 26.6. The predicted molar refractivity (Wildman–Crippen MR) is 113 cm³/mol. The van der Waals surface area contributed by atoms with Gasteiger partial charge in [0.05, 0.1) is 5.69 Å². The number of terminal acetylenes is 1. The van der Waals surface area contributed by atoms with Crippen LogP contribution in [-0.4, -0.2) is 23.5 Å². The van der Waals surface area contributed by atoms with Crippen LogP contribution in [-0.2, 0) is 16.0 Å². The topological polar surface area (TPSA) is 58.6 Å². The van der Waals surface area contributed by atoms with Crippen LogP contribution >= 0.6 is 12.2 Å². The number of anilines is 1. The summed E-state index contributed by atoms with van der Waals surface area (Å²) < 4.78 is 5.32.